The Morgan fingerprint density at radius 3 is 2.23 bits per heavy atom. The van der Waals surface area contributed by atoms with Crippen LogP contribution in [-0.2, 0) is 4.79 Å². The molecule has 0 saturated carbocycles. The monoisotopic (exact) mass is 426 g/mol. The number of piperidine rings is 1. The van der Waals surface area contributed by atoms with E-state index in [1.54, 1.807) is 34.5 Å². The second-order valence-electron chi connectivity index (χ2n) is 6.53. The van der Waals surface area contributed by atoms with Crippen molar-refractivity contribution in [2.45, 2.75) is 25.1 Å². The zero-order valence-electron chi connectivity index (χ0n) is 15.9. The van der Waals surface area contributed by atoms with Gasteiger partial charge in [0, 0.05) is 37.9 Å². The first-order valence-corrected chi connectivity index (χ1v) is 9.14. The van der Waals surface area contributed by atoms with Gasteiger partial charge >= 0.3 is 24.1 Å². The average molecular weight is 426 g/mol. The molecule has 30 heavy (non-hydrogen) atoms. The number of benzene rings is 1. The fourth-order valence-corrected chi connectivity index (χ4v) is 2.75. The molecule has 1 aromatic carbocycles. The zero-order chi connectivity index (χ0) is 22.1. The summed E-state index contributed by atoms with van der Waals surface area (Å²) in [6.45, 7) is 0.322. The van der Waals surface area contributed by atoms with Crippen LogP contribution in [0.4, 0.5) is 28.4 Å². The summed E-state index contributed by atoms with van der Waals surface area (Å²) >= 11 is 0. The molecule has 0 spiro atoms. The largest absolute Gasteiger partial charge is 0.471 e. The Hall–Kier alpha value is -3.49. The number of hydrogen-bond acceptors (Lipinski definition) is 4. The summed E-state index contributed by atoms with van der Waals surface area (Å²) in [6.07, 6.45) is -3.93. The molecule has 0 aliphatic carbocycles. The summed E-state index contributed by atoms with van der Waals surface area (Å²) in [5, 5.41) is 18.2. The first-order chi connectivity index (χ1) is 14.2. The van der Waals surface area contributed by atoms with Crippen molar-refractivity contribution in [2.75, 3.05) is 31.5 Å². The van der Waals surface area contributed by atoms with E-state index in [9.17, 15) is 27.6 Å². The molecule has 1 aliphatic rings. The zero-order valence-corrected chi connectivity index (χ0v) is 15.9. The number of amides is 5. The van der Waals surface area contributed by atoms with Crippen LogP contribution in [0.1, 0.15) is 18.4 Å². The first-order valence-electron chi connectivity index (χ1n) is 9.14. The van der Waals surface area contributed by atoms with E-state index < -0.39 is 18.1 Å². The van der Waals surface area contributed by atoms with Gasteiger partial charge in [0.15, 0.2) is 0 Å². The lowest BCUT2D eigenvalue weighted by Crippen LogP contribution is -2.50. The normalized spacial score (nSPS) is 14.4. The molecule has 0 atom stereocenters. The van der Waals surface area contributed by atoms with E-state index in [1.165, 1.54) is 0 Å². The number of nitriles is 1. The predicted octanol–water partition coefficient (Wildman–Crippen LogP) is 1.53. The average Bonchev–Trinajstić information content (AvgIpc) is 2.71. The van der Waals surface area contributed by atoms with Gasteiger partial charge in [0.2, 0.25) is 0 Å². The summed E-state index contributed by atoms with van der Waals surface area (Å²) in [5.41, 5.74) is 1.05. The summed E-state index contributed by atoms with van der Waals surface area (Å²) in [6, 6.07) is 7.41. The van der Waals surface area contributed by atoms with Gasteiger partial charge in [0.25, 0.3) is 0 Å². The number of rotatable bonds is 5. The molecule has 1 fully saturated rings. The topological polar surface area (TPSA) is 126 Å². The van der Waals surface area contributed by atoms with Gasteiger partial charge in [-0.15, -0.1) is 0 Å². The molecule has 0 bridgehead atoms. The van der Waals surface area contributed by atoms with Crippen molar-refractivity contribution in [2.24, 2.45) is 0 Å². The maximum atomic E-state index is 12.3. The molecule has 2 rings (SSSR count). The molecule has 4 N–H and O–H groups in total. The number of nitrogens with one attached hydrogen (secondary N) is 4. The summed E-state index contributed by atoms with van der Waals surface area (Å²) < 4.78 is 36.1. The number of anilines is 1. The summed E-state index contributed by atoms with van der Waals surface area (Å²) in [7, 11) is 0. The summed E-state index contributed by atoms with van der Waals surface area (Å²) in [4.78, 5) is 36.3. The maximum absolute atomic E-state index is 12.3. The van der Waals surface area contributed by atoms with Gasteiger partial charge in [0.1, 0.15) is 0 Å². The van der Waals surface area contributed by atoms with Crippen molar-refractivity contribution in [1.82, 2.24) is 20.9 Å². The van der Waals surface area contributed by atoms with Gasteiger partial charge in [-0.3, -0.25) is 4.79 Å². The van der Waals surface area contributed by atoms with E-state index in [0.29, 0.717) is 37.2 Å². The van der Waals surface area contributed by atoms with Crippen LogP contribution in [0.2, 0.25) is 0 Å². The Labute approximate surface area is 170 Å². The van der Waals surface area contributed by atoms with Crippen molar-refractivity contribution in [3.05, 3.63) is 29.8 Å². The molecule has 12 heteroatoms. The third kappa shape index (κ3) is 7.16. The number of nitrogens with zero attached hydrogens (tertiary/aromatic N) is 2. The minimum Gasteiger partial charge on any atom is -0.347 e. The van der Waals surface area contributed by atoms with Crippen molar-refractivity contribution < 1.29 is 27.6 Å². The van der Waals surface area contributed by atoms with Crippen LogP contribution in [0.3, 0.4) is 0 Å². The molecule has 5 amide bonds. The van der Waals surface area contributed by atoms with Crippen LogP contribution < -0.4 is 21.3 Å². The van der Waals surface area contributed by atoms with Crippen LogP contribution in [0, 0.1) is 11.3 Å². The molecular weight excluding hydrogens is 405 g/mol. The quantitative estimate of drug-likeness (QED) is 0.533. The minimum atomic E-state index is -4.96. The number of alkyl halides is 3. The standard InChI is InChI=1S/C18H21F3N6O3/c19-18(20,21)15(28)23-7-8-24-16(29)25-14-5-9-27(10-6-14)17(30)26-13-3-1-12(11-22)2-4-13/h1-4,14H,5-10H2,(H,23,28)(H,26,30)(H2,24,25,29). The highest BCUT2D eigenvalue weighted by Crippen LogP contribution is 2.15. The number of hydrogen-bond donors (Lipinski definition) is 4. The molecule has 0 unspecified atom stereocenters. The highest BCUT2D eigenvalue weighted by molar-refractivity contribution is 5.89. The van der Waals surface area contributed by atoms with Crippen molar-refractivity contribution >= 4 is 23.7 Å². The number of halogens is 3. The number of carbonyl (C=O) groups excluding carboxylic acids is 3. The van der Waals surface area contributed by atoms with Gasteiger partial charge < -0.3 is 26.2 Å². The van der Waals surface area contributed by atoms with E-state index in [2.05, 4.69) is 16.0 Å². The molecular formula is C18H21F3N6O3. The highest BCUT2D eigenvalue weighted by atomic mass is 19.4. The Bertz CT molecular complexity index is 799. The molecule has 1 aliphatic heterocycles. The lowest BCUT2D eigenvalue weighted by Gasteiger charge is -2.32. The van der Waals surface area contributed by atoms with Gasteiger partial charge in [0.05, 0.1) is 11.6 Å². The van der Waals surface area contributed by atoms with E-state index >= 15 is 0 Å². The minimum absolute atomic E-state index is 0.153. The molecule has 1 aromatic rings. The summed E-state index contributed by atoms with van der Waals surface area (Å²) in [5.74, 6) is -2.06. The van der Waals surface area contributed by atoms with Gasteiger partial charge in [-0.1, -0.05) is 0 Å². The van der Waals surface area contributed by atoms with Crippen LogP contribution in [0.25, 0.3) is 0 Å². The van der Waals surface area contributed by atoms with Gasteiger partial charge in [-0.05, 0) is 37.1 Å². The highest BCUT2D eigenvalue weighted by Gasteiger charge is 2.38. The number of likely N-dealkylation sites (tertiary alicyclic amines) is 1. The first kappa shape index (κ1) is 22.8. The Morgan fingerprint density at radius 2 is 1.67 bits per heavy atom. The van der Waals surface area contributed by atoms with E-state index in [0.717, 1.165) is 0 Å². The van der Waals surface area contributed by atoms with Crippen LogP contribution in [0.15, 0.2) is 24.3 Å². The second kappa shape index (κ2) is 10.3. The molecule has 162 valence electrons. The number of urea groups is 2. The van der Waals surface area contributed by atoms with E-state index in [4.69, 9.17) is 5.26 Å². The molecule has 0 radical (unpaired) electrons. The lowest BCUT2D eigenvalue weighted by atomic mass is 10.1. The van der Waals surface area contributed by atoms with E-state index in [1.807, 2.05) is 6.07 Å². The number of carbonyl (C=O) groups is 3. The molecule has 1 saturated heterocycles. The van der Waals surface area contributed by atoms with Crippen molar-refractivity contribution in [3.8, 4) is 6.07 Å². The molecule has 9 nitrogen and oxygen atoms in total. The fraction of sp³-hybridized carbons (Fsp3) is 0.444. The Morgan fingerprint density at radius 1 is 1.07 bits per heavy atom. The van der Waals surface area contributed by atoms with Crippen molar-refractivity contribution in [1.29, 1.82) is 5.26 Å². The van der Waals surface area contributed by atoms with E-state index in [-0.39, 0.29) is 25.2 Å². The van der Waals surface area contributed by atoms with Gasteiger partial charge in [-0.25, -0.2) is 9.59 Å². The lowest BCUT2D eigenvalue weighted by molar-refractivity contribution is -0.173. The fourth-order valence-electron chi connectivity index (χ4n) is 2.75. The molecule has 0 aromatic heterocycles. The Balaban J connectivity index is 1.65. The predicted molar refractivity (Wildman–Crippen MR) is 100 cm³/mol. The van der Waals surface area contributed by atoms with Crippen LogP contribution in [0.5, 0.6) is 0 Å². The SMILES string of the molecule is N#Cc1ccc(NC(=O)N2CCC(NC(=O)NCCNC(=O)C(F)(F)F)CC2)cc1. The van der Waals surface area contributed by atoms with Crippen LogP contribution in [-0.4, -0.2) is 61.3 Å². The third-order valence-corrected chi connectivity index (χ3v) is 4.34. The smallest absolute Gasteiger partial charge is 0.347 e. The maximum Gasteiger partial charge on any atom is 0.471 e. The van der Waals surface area contributed by atoms with Crippen molar-refractivity contribution in [3.63, 3.8) is 0 Å². The second-order valence-corrected chi connectivity index (χ2v) is 6.53. The molecule has 1 heterocycles. The Kier molecular flexibility index (Phi) is 7.85. The van der Waals surface area contributed by atoms with Gasteiger partial charge in [-0.2, -0.15) is 18.4 Å². The third-order valence-electron chi connectivity index (χ3n) is 4.34. The van der Waals surface area contributed by atoms with Crippen LogP contribution >= 0.6 is 0 Å².